The Labute approximate surface area is 84.3 Å². The van der Waals surface area contributed by atoms with Crippen LogP contribution in [0.3, 0.4) is 0 Å². The predicted molar refractivity (Wildman–Crippen MR) is 60.0 cm³/mol. The van der Waals surface area contributed by atoms with Gasteiger partial charge in [-0.2, -0.15) is 0 Å². The van der Waals surface area contributed by atoms with E-state index in [4.69, 9.17) is 5.73 Å². The van der Waals surface area contributed by atoms with Crippen LogP contribution < -0.4 is 5.73 Å². The Kier molecular flexibility index (Phi) is 4.19. The largest absolute Gasteiger partial charge is 0.323 e. The summed E-state index contributed by atoms with van der Waals surface area (Å²) >= 11 is 1.76. The molecule has 0 bridgehead atoms. The SMILES string of the molecule is C=CCCCC(N)c1sccc1C. The lowest BCUT2D eigenvalue weighted by Gasteiger charge is -2.09. The molecule has 2 heteroatoms. The molecule has 0 aliphatic heterocycles. The second-order valence-corrected chi connectivity index (χ2v) is 4.24. The minimum absolute atomic E-state index is 0.222. The first-order chi connectivity index (χ1) is 6.25. The molecular weight excluding hydrogens is 178 g/mol. The maximum absolute atomic E-state index is 6.06. The molecule has 13 heavy (non-hydrogen) atoms. The summed E-state index contributed by atoms with van der Waals surface area (Å²) in [5.74, 6) is 0. The van der Waals surface area contributed by atoms with Crippen LogP contribution in [0.25, 0.3) is 0 Å². The van der Waals surface area contributed by atoms with E-state index in [2.05, 4.69) is 24.9 Å². The van der Waals surface area contributed by atoms with Crippen molar-refractivity contribution in [3.8, 4) is 0 Å². The molecule has 0 saturated carbocycles. The van der Waals surface area contributed by atoms with Crippen molar-refractivity contribution in [3.63, 3.8) is 0 Å². The number of allylic oxidation sites excluding steroid dienone is 1. The van der Waals surface area contributed by atoms with Gasteiger partial charge in [0.25, 0.3) is 0 Å². The Hall–Kier alpha value is -0.600. The summed E-state index contributed by atoms with van der Waals surface area (Å²) in [4.78, 5) is 1.34. The van der Waals surface area contributed by atoms with Crippen molar-refractivity contribution in [1.29, 1.82) is 0 Å². The maximum Gasteiger partial charge on any atom is 0.0392 e. The lowest BCUT2D eigenvalue weighted by Crippen LogP contribution is -2.09. The third-order valence-corrected chi connectivity index (χ3v) is 3.31. The van der Waals surface area contributed by atoms with Gasteiger partial charge in [0.15, 0.2) is 0 Å². The van der Waals surface area contributed by atoms with Gasteiger partial charge in [-0.1, -0.05) is 6.08 Å². The maximum atomic E-state index is 6.06. The molecule has 2 N–H and O–H groups in total. The van der Waals surface area contributed by atoms with E-state index in [9.17, 15) is 0 Å². The summed E-state index contributed by atoms with van der Waals surface area (Å²) in [7, 11) is 0. The fraction of sp³-hybridized carbons (Fsp3) is 0.455. The molecule has 1 unspecified atom stereocenters. The first-order valence-electron chi connectivity index (χ1n) is 4.66. The molecule has 0 amide bonds. The second kappa shape index (κ2) is 5.20. The summed E-state index contributed by atoms with van der Waals surface area (Å²) in [5.41, 5.74) is 7.39. The molecule has 1 heterocycles. The summed E-state index contributed by atoms with van der Waals surface area (Å²) < 4.78 is 0. The molecule has 0 spiro atoms. The Morgan fingerprint density at radius 1 is 1.69 bits per heavy atom. The quantitative estimate of drug-likeness (QED) is 0.565. The predicted octanol–water partition coefficient (Wildman–Crippen LogP) is 3.41. The number of rotatable bonds is 5. The standard InChI is InChI=1S/C11H17NS/c1-3-4-5-6-10(12)11-9(2)7-8-13-11/h3,7-8,10H,1,4-6,12H2,2H3. The number of aryl methyl sites for hydroxylation is 1. The summed E-state index contributed by atoms with van der Waals surface area (Å²) in [6.45, 7) is 5.82. The molecule has 1 rings (SSSR count). The van der Waals surface area contributed by atoms with E-state index in [1.54, 1.807) is 11.3 Å². The van der Waals surface area contributed by atoms with Crippen LogP contribution in [-0.4, -0.2) is 0 Å². The van der Waals surface area contributed by atoms with Crippen molar-refractivity contribution in [1.82, 2.24) is 0 Å². The number of thiophene rings is 1. The van der Waals surface area contributed by atoms with E-state index in [1.165, 1.54) is 10.4 Å². The van der Waals surface area contributed by atoms with Crippen LogP contribution in [0.4, 0.5) is 0 Å². The topological polar surface area (TPSA) is 26.0 Å². The zero-order chi connectivity index (χ0) is 9.68. The van der Waals surface area contributed by atoms with E-state index in [1.807, 2.05) is 6.08 Å². The number of hydrogen-bond donors (Lipinski definition) is 1. The second-order valence-electron chi connectivity index (χ2n) is 3.29. The average molecular weight is 195 g/mol. The molecule has 0 fully saturated rings. The summed E-state index contributed by atoms with van der Waals surface area (Å²) in [6.07, 6.45) is 5.22. The van der Waals surface area contributed by atoms with Crippen LogP contribution >= 0.6 is 11.3 Å². The van der Waals surface area contributed by atoms with Gasteiger partial charge in [0.1, 0.15) is 0 Å². The van der Waals surface area contributed by atoms with Crippen molar-refractivity contribution >= 4 is 11.3 Å². The van der Waals surface area contributed by atoms with E-state index in [-0.39, 0.29) is 6.04 Å². The smallest absolute Gasteiger partial charge is 0.0392 e. The molecule has 0 aliphatic rings. The van der Waals surface area contributed by atoms with Gasteiger partial charge in [-0.15, -0.1) is 17.9 Å². The van der Waals surface area contributed by atoms with Crippen LogP contribution in [-0.2, 0) is 0 Å². The number of hydrogen-bond acceptors (Lipinski definition) is 2. The van der Waals surface area contributed by atoms with Crippen molar-refractivity contribution in [3.05, 3.63) is 34.5 Å². The molecule has 0 aromatic carbocycles. The fourth-order valence-electron chi connectivity index (χ4n) is 1.38. The van der Waals surface area contributed by atoms with Gasteiger partial charge in [-0.3, -0.25) is 0 Å². The van der Waals surface area contributed by atoms with Gasteiger partial charge in [-0.25, -0.2) is 0 Å². The average Bonchev–Trinajstić information content (AvgIpc) is 2.52. The lowest BCUT2D eigenvalue weighted by molar-refractivity contribution is 0.623. The van der Waals surface area contributed by atoms with E-state index < -0.39 is 0 Å². The van der Waals surface area contributed by atoms with Crippen molar-refractivity contribution < 1.29 is 0 Å². The van der Waals surface area contributed by atoms with E-state index >= 15 is 0 Å². The molecule has 72 valence electrons. The molecule has 0 aliphatic carbocycles. The molecule has 1 nitrogen and oxygen atoms in total. The highest BCUT2D eigenvalue weighted by atomic mass is 32.1. The Morgan fingerprint density at radius 2 is 2.46 bits per heavy atom. The molecule has 1 aromatic heterocycles. The zero-order valence-electron chi connectivity index (χ0n) is 8.12. The lowest BCUT2D eigenvalue weighted by atomic mass is 10.1. The molecule has 1 atom stereocenters. The van der Waals surface area contributed by atoms with Crippen molar-refractivity contribution in [2.45, 2.75) is 32.2 Å². The molecule has 0 saturated heterocycles. The Balaban J connectivity index is 2.44. The highest BCUT2D eigenvalue weighted by molar-refractivity contribution is 7.10. The zero-order valence-corrected chi connectivity index (χ0v) is 8.94. The van der Waals surface area contributed by atoms with Crippen LogP contribution in [0.1, 0.15) is 35.7 Å². The van der Waals surface area contributed by atoms with Gasteiger partial charge >= 0.3 is 0 Å². The third kappa shape index (κ3) is 2.98. The first-order valence-corrected chi connectivity index (χ1v) is 5.54. The summed E-state index contributed by atoms with van der Waals surface area (Å²) in [6, 6.07) is 2.35. The summed E-state index contributed by atoms with van der Waals surface area (Å²) in [5, 5.41) is 2.11. The molecule has 0 radical (unpaired) electrons. The van der Waals surface area contributed by atoms with E-state index in [0.717, 1.165) is 19.3 Å². The third-order valence-electron chi connectivity index (χ3n) is 2.16. The van der Waals surface area contributed by atoms with Gasteiger partial charge in [0.05, 0.1) is 0 Å². The normalized spacial score (nSPS) is 12.8. The molecule has 1 aromatic rings. The minimum Gasteiger partial charge on any atom is -0.323 e. The van der Waals surface area contributed by atoms with Crippen LogP contribution in [0.5, 0.6) is 0 Å². The minimum atomic E-state index is 0.222. The van der Waals surface area contributed by atoms with Crippen molar-refractivity contribution in [2.75, 3.05) is 0 Å². The van der Waals surface area contributed by atoms with Crippen LogP contribution in [0.2, 0.25) is 0 Å². The fourth-order valence-corrected chi connectivity index (χ4v) is 2.34. The van der Waals surface area contributed by atoms with Crippen LogP contribution in [0, 0.1) is 6.92 Å². The Bertz CT molecular complexity index is 265. The number of unbranched alkanes of at least 4 members (excludes halogenated alkanes) is 1. The highest BCUT2D eigenvalue weighted by Gasteiger charge is 2.08. The highest BCUT2D eigenvalue weighted by Crippen LogP contribution is 2.25. The first kappa shape index (κ1) is 10.5. The number of nitrogens with two attached hydrogens (primary N) is 1. The van der Waals surface area contributed by atoms with Crippen LogP contribution in [0.15, 0.2) is 24.1 Å². The van der Waals surface area contributed by atoms with Gasteiger partial charge < -0.3 is 5.73 Å². The van der Waals surface area contributed by atoms with E-state index in [0.29, 0.717) is 0 Å². The van der Waals surface area contributed by atoms with Crippen molar-refractivity contribution in [2.24, 2.45) is 5.73 Å². The monoisotopic (exact) mass is 195 g/mol. The van der Waals surface area contributed by atoms with Gasteiger partial charge in [-0.05, 0) is 43.2 Å². The molecular formula is C11H17NS. The van der Waals surface area contributed by atoms with Gasteiger partial charge in [0.2, 0.25) is 0 Å². The Morgan fingerprint density at radius 3 is 3.00 bits per heavy atom. The van der Waals surface area contributed by atoms with Gasteiger partial charge in [0, 0.05) is 10.9 Å².